The molecular weight excluding hydrogens is 316 g/mol. The highest BCUT2D eigenvalue weighted by molar-refractivity contribution is 5.91. The van der Waals surface area contributed by atoms with Gasteiger partial charge in [0.1, 0.15) is 12.2 Å². The van der Waals surface area contributed by atoms with E-state index in [-0.39, 0.29) is 41.9 Å². The lowest BCUT2D eigenvalue weighted by atomic mass is 9.78. The SMILES string of the molecule is C=C1C(=O)O[C@@H]2C(C)C(C)C[C@H]3C=C(CC/C=C(\C)CC[C@@H]12)C(=O)O3. The smallest absolute Gasteiger partial charge is 0.334 e. The Kier molecular flexibility index (Phi) is 5.16. The first-order valence-corrected chi connectivity index (χ1v) is 9.34. The minimum atomic E-state index is -0.255. The Hall–Kier alpha value is -1.84. The molecule has 1 saturated heterocycles. The van der Waals surface area contributed by atoms with Crippen LogP contribution in [0.25, 0.3) is 0 Å². The zero-order chi connectivity index (χ0) is 18.1. The maximum atomic E-state index is 12.1. The van der Waals surface area contributed by atoms with E-state index in [9.17, 15) is 9.59 Å². The predicted molar refractivity (Wildman–Crippen MR) is 95.6 cm³/mol. The molecule has 0 saturated carbocycles. The van der Waals surface area contributed by atoms with Crippen molar-refractivity contribution in [3.8, 4) is 0 Å². The van der Waals surface area contributed by atoms with Crippen molar-refractivity contribution >= 4 is 11.9 Å². The molecule has 0 aromatic heterocycles. The van der Waals surface area contributed by atoms with Crippen molar-refractivity contribution in [1.82, 2.24) is 0 Å². The van der Waals surface area contributed by atoms with Gasteiger partial charge in [0.2, 0.25) is 0 Å². The van der Waals surface area contributed by atoms with Crippen molar-refractivity contribution in [3.63, 3.8) is 0 Å². The number of carbonyl (C=O) groups is 2. The Balaban J connectivity index is 1.85. The third-order valence-corrected chi connectivity index (χ3v) is 6.03. The van der Waals surface area contributed by atoms with Crippen LogP contribution < -0.4 is 0 Å². The van der Waals surface area contributed by atoms with Crippen molar-refractivity contribution in [2.24, 2.45) is 17.8 Å². The predicted octanol–water partition coefficient (Wildman–Crippen LogP) is 4.12. The number of rotatable bonds is 0. The number of carbonyl (C=O) groups excluding carboxylic acids is 2. The summed E-state index contributed by atoms with van der Waals surface area (Å²) in [7, 11) is 0. The summed E-state index contributed by atoms with van der Waals surface area (Å²) in [4.78, 5) is 24.1. The maximum Gasteiger partial charge on any atom is 0.334 e. The summed E-state index contributed by atoms with van der Waals surface area (Å²) in [6.07, 6.45) is 8.02. The van der Waals surface area contributed by atoms with Crippen molar-refractivity contribution < 1.29 is 19.1 Å². The Labute approximate surface area is 150 Å². The van der Waals surface area contributed by atoms with E-state index in [0.717, 1.165) is 37.7 Å². The van der Waals surface area contributed by atoms with Crippen LogP contribution in [0.1, 0.15) is 52.9 Å². The van der Waals surface area contributed by atoms with E-state index in [1.54, 1.807) is 0 Å². The second kappa shape index (κ2) is 7.19. The quantitative estimate of drug-likeness (QED) is 0.377. The molecule has 0 aromatic rings. The lowest BCUT2D eigenvalue weighted by Gasteiger charge is -2.29. The van der Waals surface area contributed by atoms with E-state index < -0.39 is 0 Å². The molecule has 2 bridgehead atoms. The number of ether oxygens (including phenoxy) is 2. The molecule has 136 valence electrons. The molecule has 2 unspecified atom stereocenters. The maximum absolute atomic E-state index is 12.1. The van der Waals surface area contributed by atoms with Gasteiger partial charge in [-0.15, -0.1) is 0 Å². The first kappa shape index (κ1) is 18.0. The van der Waals surface area contributed by atoms with Gasteiger partial charge in [-0.25, -0.2) is 9.59 Å². The van der Waals surface area contributed by atoms with Crippen molar-refractivity contribution in [2.45, 2.75) is 65.1 Å². The molecule has 0 spiro atoms. The fourth-order valence-corrected chi connectivity index (χ4v) is 4.15. The minimum Gasteiger partial charge on any atom is -0.458 e. The molecule has 0 amide bonds. The Bertz CT molecular complexity index is 642. The van der Waals surface area contributed by atoms with Gasteiger partial charge in [-0.05, 0) is 56.9 Å². The van der Waals surface area contributed by atoms with Gasteiger partial charge in [0.05, 0.1) is 0 Å². The van der Waals surface area contributed by atoms with Crippen LogP contribution in [0.15, 0.2) is 35.5 Å². The van der Waals surface area contributed by atoms with Gasteiger partial charge in [0, 0.05) is 17.1 Å². The van der Waals surface area contributed by atoms with Crippen LogP contribution in [0.2, 0.25) is 0 Å². The van der Waals surface area contributed by atoms with E-state index in [4.69, 9.17) is 9.47 Å². The molecule has 2 heterocycles. The largest absolute Gasteiger partial charge is 0.458 e. The lowest BCUT2D eigenvalue weighted by molar-refractivity contribution is -0.142. The first-order valence-electron chi connectivity index (χ1n) is 9.34. The summed E-state index contributed by atoms with van der Waals surface area (Å²) in [5, 5.41) is 0. The average Bonchev–Trinajstić information content (AvgIpc) is 3.04. The minimum absolute atomic E-state index is 0.0773. The van der Waals surface area contributed by atoms with Gasteiger partial charge in [-0.1, -0.05) is 32.1 Å². The standard InChI is InChI=1S/C21H28O4/c1-12-6-5-7-16-11-17(24-21(16)23)10-13(2)14(3)19-18(9-8-12)15(4)20(22)25-19/h6,11,13-14,17-19H,4-5,7-10H2,1-3H3/b12-6+/t13?,14?,17-,18-,19+/m0/s1. The van der Waals surface area contributed by atoms with E-state index in [1.165, 1.54) is 5.57 Å². The second-order valence-corrected chi connectivity index (χ2v) is 7.84. The molecule has 0 N–H and O–H groups in total. The third kappa shape index (κ3) is 3.73. The van der Waals surface area contributed by atoms with Crippen molar-refractivity contribution in [3.05, 3.63) is 35.5 Å². The molecule has 4 heteroatoms. The van der Waals surface area contributed by atoms with Crippen LogP contribution in [0, 0.1) is 17.8 Å². The third-order valence-electron chi connectivity index (χ3n) is 6.03. The zero-order valence-electron chi connectivity index (χ0n) is 15.4. The van der Waals surface area contributed by atoms with E-state index in [2.05, 4.69) is 33.4 Å². The van der Waals surface area contributed by atoms with Gasteiger partial charge in [-0.2, -0.15) is 0 Å². The Morgan fingerprint density at radius 2 is 1.88 bits per heavy atom. The van der Waals surface area contributed by atoms with E-state index in [0.29, 0.717) is 5.57 Å². The van der Waals surface area contributed by atoms with Gasteiger partial charge in [0.25, 0.3) is 0 Å². The summed E-state index contributed by atoms with van der Waals surface area (Å²) in [5.41, 5.74) is 2.69. The molecule has 0 radical (unpaired) electrons. The van der Waals surface area contributed by atoms with Crippen LogP contribution in [-0.4, -0.2) is 24.1 Å². The number of hydrogen-bond donors (Lipinski definition) is 0. The van der Waals surface area contributed by atoms with Crippen LogP contribution in [0.3, 0.4) is 0 Å². The highest BCUT2D eigenvalue weighted by Crippen LogP contribution is 2.39. The van der Waals surface area contributed by atoms with Gasteiger partial charge in [0.15, 0.2) is 0 Å². The molecule has 25 heavy (non-hydrogen) atoms. The van der Waals surface area contributed by atoms with Crippen LogP contribution in [0.4, 0.5) is 0 Å². The number of allylic oxidation sites excluding steroid dienone is 2. The van der Waals surface area contributed by atoms with Crippen molar-refractivity contribution in [1.29, 1.82) is 0 Å². The summed E-state index contributed by atoms with van der Waals surface area (Å²) in [6.45, 7) is 10.4. The Morgan fingerprint density at radius 1 is 1.12 bits per heavy atom. The monoisotopic (exact) mass is 344 g/mol. The molecular formula is C21H28O4. The highest BCUT2D eigenvalue weighted by atomic mass is 16.6. The van der Waals surface area contributed by atoms with E-state index in [1.807, 2.05) is 6.08 Å². The summed E-state index contributed by atoms with van der Waals surface area (Å²) >= 11 is 0. The normalized spacial score (nSPS) is 38.8. The average molecular weight is 344 g/mol. The molecule has 4 nitrogen and oxygen atoms in total. The zero-order valence-corrected chi connectivity index (χ0v) is 15.4. The highest BCUT2D eigenvalue weighted by Gasteiger charge is 2.43. The topological polar surface area (TPSA) is 52.6 Å². The molecule has 0 aromatic carbocycles. The van der Waals surface area contributed by atoms with Gasteiger partial charge < -0.3 is 9.47 Å². The summed E-state index contributed by atoms with van der Waals surface area (Å²) < 4.78 is 11.2. The number of hydrogen-bond acceptors (Lipinski definition) is 4. The summed E-state index contributed by atoms with van der Waals surface area (Å²) in [5.74, 6) is 0.114. The van der Waals surface area contributed by atoms with Crippen molar-refractivity contribution in [2.75, 3.05) is 0 Å². The van der Waals surface area contributed by atoms with Gasteiger partial charge in [-0.3, -0.25) is 0 Å². The molecule has 2 aliphatic heterocycles. The molecule has 1 fully saturated rings. The van der Waals surface area contributed by atoms with Gasteiger partial charge >= 0.3 is 11.9 Å². The van der Waals surface area contributed by atoms with Crippen LogP contribution in [0.5, 0.6) is 0 Å². The lowest BCUT2D eigenvalue weighted by Crippen LogP contribution is -2.31. The van der Waals surface area contributed by atoms with Crippen LogP contribution in [-0.2, 0) is 19.1 Å². The van der Waals surface area contributed by atoms with E-state index >= 15 is 0 Å². The molecule has 3 rings (SSSR count). The summed E-state index contributed by atoms with van der Waals surface area (Å²) in [6, 6.07) is 0. The number of esters is 2. The fraction of sp³-hybridized carbons (Fsp3) is 0.619. The second-order valence-electron chi connectivity index (χ2n) is 7.84. The fourth-order valence-electron chi connectivity index (χ4n) is 4.15. The molecule has 5 atom stereocenters. The van der Waals surface area contributed by atoms with Crippen LogP contribution >= 0.6 is 0 Å². The first-order chi connectivity index (χ1) is 11.9. The molecule has 3 aliphatic rings. The Morgan fingerprint density at radius 3 is 2.64 bits per heavy atom. The molecule has 1 aliphatic carbocycles. The number of fused-ring (bicyclic) bond motifs is 2.